The molecule has 1 amide bonds. The number of carbonyl (C=O) groups excluding carboxylic acids is 1. The van der Waals surface area contributed by atoms with Crippen molar-refractivity contribution in [2.75, 3.05) is 19.7 Å². The number of hydrogen-bond donors (Lipinski definition) is 2. The van der Waals surface area contributed by atoms with E-state index in [4.69, 9.17) is 10.8 Å². The quantitative estimate of drug-likeness (QED) is 0.654. The summed E-state index contributed by atoms with van der Waals surface area (Å²) in [5, 5.41) is 8.88. The molecule has 0 atom stereocenters. The van der Waals surface area contributed by atoms with Gasteiger partial charge in [-0.3, -0.25) is 4.79 Å². The maximum absolute atomic E-state index is 12.0. The van der Waals surface area contributed by atoms with Crippen LogP contribution >= 0.6 is 0 Å². The van der Waals surface area contributed by atoms with E-state index < -0.39 is 5.41 Å². The molecule has 1 fully saturated rings. The molecule has 0 aliphatic heterocycles. The van der Waals surface area contributed by atoms with Crippen molar-refractivity contribution in [1.82, 2.24) is 4.90 Å². The molecule has 1 aliphatic rings. The summed E-state index contributed by atoms with van der Waals surface area (Å²) < 4.78 is 0. The van der Waals surface area contributed by atoms with Gasteiger partial charge in [-0.2, -0.15) is 0 Å². The summed E-state index contributed by atoms with van der Waals surface area (Å²) in [7, 11) is 0. The van der Waals surface area contributed by atoms with Crippen molar-refractivity contribution in [2.45, 2.75) is 32.7 Å². The minimum absolute atomic E-state index is 0.0306. The molecule has 3 N–H and O–H groups in total. The lowest BCUT2D eigenvalue weighted by atomic mass is 9.91. The van der Waals surface area contributed by atoms with Gasteiger partial charge in [0.05, 0.1) is 12.0 Å². The Kier molecular flexibility index (Phi) is 3.50. The average molecular weight is 200 g/mol. The van der Waals surface area contributed by atoms with Gasteiger partial charge in [0.15, 0.2) is 0 Å². The van der Waals surface area contributed by atoms with E-state index in [9.17, 15) is 4.79 Å². The van der Waals surface area contributed by atoms with E-state index in [1.165, 1.54) is 0 Å². The number of aliphatic hydroxyl groups excluding tert-OH is 1. The molecule has 0 aromatic heterocycles. The normalized spacial score (nSPS) is 16.9. The van der Waals surface area contributed by atoms with Crippen molar-refractivity contribution in [2.24, 2.45) is 11.1 Å². The number of rotatable bonds is 5. The van der Waals surface area contributed by atoms with Crippen LogP contribution in [0.2, 0.25) is 0 Å². The van der Waals surface area contributed by atoms with E-state index in [2.05, 4.69) is 0 Å². The van der Waals surface area contributed by atoms with Crippen LogP contribution in [0.25, 0.3) is 0 Å². The van der Waals surface area contributed by atoms with Crippen molar-refractivity contribution in [3.63, 3.8) is 0 Å². The molecule has 1 aliphatic carbocycles. The van der Waals surface area contributed by atoms with Crippen LogP contribution in [-0.2, 0) is 4.79 Å². The molecule has 0 aromatic carbocycles. The Morgan fingerprint density at radius 2 is 2.14 bits per heavy atom. The van der Waals surface area contributed by atoms with Crippen LogP contribution < -0.4 is 5.73 Å². The second-order valence-corrected chi connectivity index (χ2v) is 4.54. The fraction of sp³-hybridized carbons (Fsp3) is 0.900. The molecule has 1 saturated carbocycles. The Hall–Kier alpha value is -0.610. The van der Waals surface area contributed by atoms with E-state index in [1.54, 1.807) is 4.90 Å². The maximum atomic E-state index is 12.0. The summed E-state index contributed by atoms with van der Waals surface area (Å²) in [5.41, 5.74) is 5.05. The van der Waals surface area contributed by atoms with Crippen LogP contribution in [-0.4, -0.2) is 41.7 Å². The van der Waals surface area contributed by atoms with Crippen molar-refractivity contribution in [3.05, 3.63) is 0 Å². The maximum Gasteiger partial charge on any atom is 0.229 e. The first-order chi connectivity index (χ1) is 6.53. The van der Waals surface area contributed by atoms with E-state index >= 15 is 0 Å². The van der Waals surface area contributed by atoms with Crippen molar-refractivity contribution in [1.29, 1.82) is 0 Å². The molecular weight excluding hydrogens is 180 g/mol. The van der Waals surface area contributed by atoms with Gasteiger partial charge in [0, 0.05) is 19.1 Å². The second-order valence-electron chi connectivity index (χ2n) is 4.54. The summed E-state index contributed by atoms with van der Waals surface area (Å²) in [6.07, 6.45) is 2.12. The molecule has 14 heavy (non-hydrogen) atoms. The molecule has 0 spiro atoms. The lowest BCUT2D eigenvalue weighted by molar-refractivity contribution is -0.141. The standard InChI is InChI=1S/C10H20N2O2/c1-10(2,7-11)9(14)12(5-6-13)8-3-4-8/h8,13H,3-7,11H2,1-2H3. The largest absolute Gasteiger partial charge is 0.395 e. The number of aliphatic hydroxyl groups is 1. The van der Waals surface area contributed by atoms with Gasteiger partial charge in [-0.1, -0.05) is 0 Å². The Labute approximate surface area is 85.1 Å². The molecular formula is C10H20N2O2. The van der Waals surface area contributed by atoms with Crippen molar-refractivity contribution >= 4 is 5.91 Å². The highest BCUT2D eigenvalue weighted by atomic mass is 16.3. The van der Waals surface area contributed by atoms with E-state index in [1.807, 2.05) is 13.8 Å². The summed E-state index contributed by atoms with van der Waals surface area (Å²) in [6, 6.07) is 0.348. The van der Waals surface area contributed by atoms with E-state index in [-0.39, 0.29) is 12.5 Å². The first-order valence-electron chi connectivity index (χ1n) is 5.15. The van der Waals surface area contributed by atoms with Gasteiger partial charge >= 0.3 is 0 Å². The predicted octanol–water partition coefficient (Wildman–Crippen LogP) is -0.0454. The zero-order chi connectivity index (χ0) is 10.8. The summed E-state index contributed by atoms with van der Waals surface area (Å²) in [4.78, 5) is 13.8. The lowest BCUT2D eigenvalue weighted by Crippen LogP contribution is -2.46. The Bertz CT molecular complexity index is 212. The van der Waals surface area contributed by atoms with Crippen LogP contribution in [0.3, 0.4) is 0 Å². The fourth-order valence-electron chi connectivity index (χ4n) is 1.42. The smallest absolute Gasteiger partial charge is 0.229 e. The van der Waals surface area contributed by atoms with Crippen LogP contribution in [0.1, 0.15) is 26.7 Å². The predicted molar refractivity (Wildman–Crippen MR) is 54.7 cm³/mol. The van der Waals surface area contributed by atoms with Gasteiger partial charge in [0.25, 0.3) is 0 Å². The van der Waals surface area contributed by atoms with Gasteiger partial charge in [-0.05, 0) is 26.7 Å². The van der Waals surface area contributed by atoms with Crippen LogP contribution in [0, 0.1) is 5.41 Å². The molecule has 0 heterocycles. The third-order valence-electron chi connectivity index (χ3n) is 2.68. The second kappa shape index (κ2) is 4.28. The number of nitrogens with two attached hydrogens (primary N) is 1. The van der Waals surface area contributed by atoms with Gasteiger partial charge < -0.3 is 15.7 Å². The highest BCUT2D eigenvalue weighted by Crippen LogP contribution is 2.30. The zero-order valence-corrected chi connectivity index (χ0v) is 8.99. The summed E-state index contributed by atoms with van der Waals surface area (Å²) in [5.74, 6) is 0.0663. The van der Waals surface area contributed by atoms with Gasteiger partial charge in [0.2, 0.25) is 5.91 Å². The number of carbonyl (C=O) groups is 1. The minimum Gasteiger partial charge on any atom is -0.395 e. The molecule has 1 rings (SSSR count). The Morgan fingerprint density at radius 1 is 1.57 bits per heavy atom. The monoisotopic (exact) mass is 200 g/mol. The van der Waals surface area contributed by atoms with Crippen molar-refractivity contribution < 1.29 is 9.90 Å². The average Bonchev–Trinajstić information content (AvgIpc) is 2.96. The Balaban J connectivity index is 2.62. The molecule has 0 aromatic rings. The molecule has 4 nitrogen and oxygen atoms in total. The first kappa shape index (κ1) is 11.5. The zero-order valence-electron chi connectivity index (χ0n) is 8.99. The van der Waals surface area contributed by atoms with E-state index in [0.717, 1.165) is 12.8 Å². The minimum atomic E-state index is -0.502. The lowest BCUT2D eigenvalue weighted by Gasteiger charge is -2.30. The van der Waals surface area contributed by atoms with Crippen LogP contribution in [0.4, 0.5) is 0 Å². The topological polar surface area (TPSA) is 66.6 Å². The molecule has 0 radical (unpaired) electrons. The number of hydrogen-bond acceptors (Lipinski definition) is 3. The molecule has 0 saturated heterocycles. The molecule has 0 bridgehead atoms. The molecule has 82 valence electrons. The highest BCUT2D eigenvalue weighted by Gasteiger charge is 2.38. The summed E-state index contributed by atoms with van der Waals surface area (Å²) >= 11 is 0. The fourth-order valence-corrected chi connectivity index (χ4v) is 1.42. The van der Waals surface area contributed by atoms with Gasteiger partial charge in [-0.25, -0.2) is 0 Å². The third kappa shape index (κ3) is 2.45. The molecule has 0 unspecified atom stereocenters. The van der Waals surface area contributed by atoms with Crippen LogP contribution in [0.15, 0.2) is 0 Å². The van der Waals surface area contributed by atoms with Crippen molar-refractivity contribution in [3.8, 4) is 0 Å². The first-order valence-corrected chi connectivity index (χ1v) is 5.15. The number of nitrogens with zero attached hydrogens (tertiary/aromatic N) is 1. The molecule has 4 heteroatoms. The van der Waals surface area contributed by atoms with Gasteiger partial charge in [0.1, 0.15) is 0 Å². The Morgan fingerprint density at radius 3 is 2.50 bits per heavy atom. The SMILES string of the molecule is CC(C)(CN)C(=O)N(CCO)C1CC1. The number of amides is 1. The van der Waals surface area contributed by atoms with Crippen LogP contribution in [0.5, 0.6) is 0 Å². The van der Waals surface area contributed by atoms with Gasteiger partial charge in [-0.15, -0.1) is 0 Å². The third-order valence-corrected chi connectivity index (χ3v) is 2.68. The summed E-state index contributed by atoms with van der Waals surface area (Å²) in [6.45, 7) is 4.51. The van der Waals surface area contributed by atoms with E-state index in [0.29, 0.717) is 19.1 Å². The highest BCUT2D eigenvalue weighted by molar-refractivity contribution is 5.82.